The molecule has 0 aliphatic carbocycles. The lowest BCUT2D eigenvalue weighted by Gasteiger charge is -2.27. The van der Waals surface area contributed by atoms with Crippen molar-refractivity contribution in [2.45, 2.75) is 38.0 Å². The molecular weight excluding hydrogens is 320 g/mol. The first-order valence-corrected chi connectivity index (χ1v) is 12.6. The van der Waals surface area contributed by atoms with Crippen LogP contribution in [-0.2, 0) is 17.7 Å². The first-order chi connectivity index (χ1) is 10.3. The largest absolute Gasteiger partial charge is 0.398 e. The van der Waals surface area contributed by atoms with E-state index in [1.54, 1.807) is 33.3 Å². The van der Waals surface area contributed by atoms with E-state index < -0.39 is 23.2 Å². The van der Waals surface area contributed by atoms with Gasteiger partial charge in [-0.3, -0.25) is 0 Å². The van der Waals surface area contributed by atoms with Crippen molar-refractivity contribution < 1.29 is 22.5 Å². The Balaban J connectivity index is 4.26. The van der Waals surface area contributed by atoms with Crippen LogP contribution in [0.5, 0.6) is 0 Å². The monoisotopic (exact) mass is 352 g/mol. The molecular formula is C13H32N2O5Si2. The van der Waals surface area contributed by atoms with E-state index >= 15 is 0 Å². The van der Waals surface area contributed by atoms with Crippen LogP contribution in [-0.4, -0.2) is 69.6 Å². The smallest absolute Gasteiger partial charge is 0.334 e. The topological polar surface area (TPSA) is 83.3 Å². The fourth-order valence-electron chi connectivity index (χ4n) is 2.09. The van der Waals surface area contributed by atoms with E-state index in [4.69, 9.17) is 23.4 Å². The first-order valence-electron chi connectivity index (χ1n) is 7.51. The summed E-state index contributed by atoms with van der Waals surface area (Å²) in [4.78, 5) is 13.2. The summed E-state index contributed by atoms with van der Waals surface area (Å²) in [5, 5.41) is 0. The summed E-state index contributed by atoms with van der Waals surface area (Å²) in [6, 6.07) is 1.26. The highest BCUT2D eigenvalue weighted by atomic mass is 28.4. The number of nitrogens with zero attached hydrogens (tertiary/aromatic N) is 1. The molecule has 2 amide bonds. The van der Waals surface area contributed by atoms with E-state index in [0.29, 0.717) is 13.1 Å². The maximum Gasteiger partial charge on any atom is 0.334 e. The third-order valence-corrected chi connectivity index (χ3v) is 10.1. The molecule has 0 saturated heterocycles. The number of rotatable bonds is 12. The van der Waals surface area contributed by atoms with Crippen LogP contribution < -0.4 is 5.73 Å². The maximum absolute atomic E-state index is 11.5. The summed E-state index contributed by atoms with van der Waals surface area (Å²) in [7, 11) is 2.51. The number of nitrogens with two attached hydrogens (primary N) is 1. The van der Waals surface area contributed by atoms with Crippen LogP contribution in [0.15, 0.2) is 0 Å². The average molecular weight is 353 g/mol. The molecule has 132 valence electrons. The summed E-state index contributed by atoms with van der Waals surface area (Å²) in [6.45, 7) is 5.25. The molecule has 9 heteroatoms. The molecule has 0 saturated carbocycles. The number of carbonyl (C=O) groups is 1. The zero-order valence-electron chi connectivity index (χ0n) is 14.8. The van der Waals surface area contributed by atoms with Gasteiger partial charge in [-0.2, -0.15) is 0 Å². The highest BCUT2D eigenvalue weighted by Crippen LogP contribution is 2.16. The molecule has 0 fully saturated rings. The van der Waals surface area contributed by atoms with Crippen LogP contribution in [0, 0.1) is 0 Å². The zero-order valence-corrected chi connectivity index (χ0v) is 16.8. The molecule has 22 heavy (non-hydrogen) atoms. The standard InChI is InChI=1S/C13H32N2O5Si2/c1-17-21(5,18-2)11-7-9-15(13(14)16)10-8-12-22(6,19-3)20-4/h7-12H2,1-6H3,(H2,14,16). The summed E-state index contributed by atoms with van der Waals surface area (Å²) in [6.07, 6.45) is 1.63. The van der Waals surface area contributed by atoms with Gasteiger partial charge >= 0.3 is 23.2 Å². The van der Waals surface area contributed by atoms with Gasteiger partial charge in [-0.15, -0.1) is 0 Å². The molecule has 0 atom stereocenters. The Bertz CT molecular complexity index is 302. The molecule has 0 aromatic heterocycles. The van der Waals surface area contributed by atoms with Gasteiger partial charge < -0.3 is 28.3 Å². The lowest BCUT2D eigenvalue weighted by Crippen LogP contribution is -2.41. The zero-order chi connectivity index (χ0) is 17.2. The summed E-state index contributed by atoms with van der Waals surface area (Å²) < 4.78 is 21.8. The number of amides is 2. The van der Waals surface area contributed by atoms with E-state index in [0.717, 1.165) is 24.9 Å². The van der Waals surface area contributed by atoms with Gasteiger partial charge in [0, 0.05) is 41.5 Å². The van der Waals surface area contributed by atoms with Crippen LogP contribution in [0.3, 0.4) is 0 Å². The Kier molecular flexibility index (Phi) is 10.1. The van der Waals surface area contributed by atoms with Crippen LogP contribution in [0.2, 0.25) is 25.2 Å². The number of carbonyl (C=O) groups excluding carboxylic acids is 1. The molecule has 0 unspecified atom stereocenters. The maximum atomic E-state index is 11.5. The van der Waals surface area contributed by atoms with Crippen molar-refractivity contribution in [3.05, 3.63) is 0 Å². The van der Waals surface area contributed by atoms with Crippen LogP contribution in [0.4, 0.5) is 4.79 Å². The van der Waals surface area contributed by atoms with Crippen LogP contribution in [0.1, 0.15) is 12.8 Å². The minimum atomic E-state index is -2.08. The minimum Gasteiger partial charge on any atom is -0.398 e. The molecule has 0 aliphatic rings. The second-order valence-electron chi connectivity index (χ2n) is 5.62. The molecule has 0 aromatic rings. The third kappa shape index (κ3) is 7.70. The van der Waals surface area contributed by atoms with Crippen molar-refractivity contribution in [1.29, 1.82) is 0 Å². The van der Waals surface area contributed by atoms with Gasteiger partial charge in [-0.25, -0.2) is 4.79 Å². The molecule has 0 bridgehead atoms. The predicted molar refractivity (Wildman–Crippen MR) is 91.3 cm³/mol. The van der Waals surface area contributed by atoms with Gasteiger partial charge in [0.1, 0.15) is 0 Å². The van der Waals surface area contributed by atoms with E-state index in [2.05, 4.69) is 0 Å². The van der Waals surface area contributed by atoms with Crippen molar-refractivity contribution in [3.8, 4) is 0 Å². The number of hydrogen-bond donors (Lipinski definition) is 1. The Labute approximate surface area is 136 Å². The SMILES string of the molecule is CO[Si](C)(CCCN(CCC[Si](C)(OC)OC)C(N)=O)OC. The van der Waals surface area contributed by atoms with Gasteiger partial charge in [0.05, 0.1) is 0 Å². The fourth-order valence-corrected chi connectivity index (χ4v) is 4.84. The Morgan fingerprint density at radius 1 is 0.864 bits per heavy atom. The predicted octanol–water partition coefficient (Wildman–Crippen LogP) is 1.88. The molecule has 0 aromatic carbocycles. The Hall–Kier alpha value is -0.456. The molecule has 2 N–H and O–H groups in total. The van der Waals surface area contributed by atoms with E-state index in [1.165, 1.54) is 0 Å². The number of hydrogen-bond acceptors (Lipinski definition) is 5. The van der Waals surface area contributed by atoms with Crippen molar-refractivity contribution in [1.82, 2.24) is 4.90 Å². The molecule has 0 radical (unpaired) electrons. The summed E-state index contributed by atoms with van der Waals surface area (Å²) in [5.41, 5.74) is 5.45. The third-order valence-electron chi connectivity index (χ3n) is 4.16. The Morgan fingerprint density at radius 3 is 1.41 bits per heavy atom. The van der Waals surface area contributed by atoms with Crippen molar-refractivity contribution in [2.75, 3.05) is 41.5 Å². The van der Waals surface area contributed by atoms with E-state index in [9.17, 15) is 4.79 Å². The van der Waals surface area contributed by atoms with Crippen LogP contribution in [0.25, 0.3) is 0 Å². The Morgan fingerprint density at radius 2 is 1.18 bits per heavy atom. The van der Waals surface area contributed by atoms with Gasteiger partial charge in [-0.1, -0.05) is 0 Å². The second kappa shape index (κ2) is 10.3. The van der Waals surface area contributed by atoms with E-state index in [-0.39, 0.29) is 0 Å². The molecule has 0 heterocycles. The number of primary amides is 1. The fraction of sp³-hybridized carbons (Fsp3) is 0.923. The van der Waals surface area contributed by atoms with Crippen molar-refractivity contribution in [3.63, 3.8) is 0 Å². The normalized spacial score (nSPS) is 12.5. The van der Waals surface area contributed by atoms with Crippen molar-refractivity contribution >= 4 is 23.2 Å². The summed E-state index contributed by atoms with van der Waals surface area (Å²) in [5.74, 6) is 0. The highest BCUT2D eigenvalue weighted by molar-refractivity contribution is 6.66. The quantitative estimate of drug-likeness (QED) is 0.542. The van der Waals surface area contributed by atoms with Gasteiger partial charge in [0.25, 0.3) is 0 Å². The van der Waals surface area contributed by atoms with Crippen molar-refractivity contribution in [2.24, 2.45) is 5.73 Å². The van der Waals surface area contributed by atoms with Crippen LogP contribution >= 0.6 is 0 Å². The molecule has 0 spiro atoms. The van der Waals surface area contributed by atoms with E-state index in [1.807, 2.05) is 13.1 Å². The second-order valence-corrected chi connectivity index (χ2v) is 12.8. The van der Waals surface area contributed by atoms with Gasteiger partial charge in [0.15, 0.2) is 0 Å². The minimum absolute atomic E-state index is 0.392. The lowest BCUT2D eigenvalue weighted by molar-refractivity contribution is 0.203. The van der Waals surface area contributed by atoms with Gasteiger partial charge in [0.2, 0.25) is 0 Å². The van der Waals surface area contributed by atoms with Gasteiger partial charge in [-0.05, 0) is 38.0 Å². The summed E-state index contributed by atoms with van der Waals surface area (Å²) >= 11 is 0. The molecule has 0 aliphatic heterocycles. The molecule has 7 nitrogen and oxygen atoms in total. The molecule has 0 rings (SSSR count). The lowest BCUT2D eigenvalue weighted by atomic mass is 10.4. The average Bonchev–Trinajstić information content (AvgIpc) is 2.52. The first kappa shape index (κ1) is 21.5. The number of urea groups is 1. The highest BCUT2D eigenvalue weighted by Gasteiger charge is 2.30.